The standard InChI is InChI=1S/C35H46Cl3NO9Si/c1-22(2)34(4,5)49(6,7)44-21-26-28(46-27(41)19-18-23(3)40)29(43-20-24-14-10-8-11-15-24)30(32(45-26)48-33(39)35(36,37)38)47-31(42)25-16-12-9-13-17-25/h8-17,22,26,28-30,32,39H,18-21H2,1-7H3/t26-,28+,29-,30+,32+/m0/s1. The third-order valence-electron chi connectivity index (χ3n) is 9.17. The maximum Gasteiger partial charge on any atom is 0.338 e. The molecule has 1 aliphatic heterocycles. The Balaban J connectivity index is 2.12. The Morgan fingerprint density at radius 3 is 2.02 bits per heavy atom. The van der Waals surface area contributed by atoms with Crippen molar-refractivity contribution in [1.82, 2.24) is 0 Å². The Bertz CT molecular complexity index is 1420. The van der Waals surface area contributed by atoms with Crippen LogP contribution in [0.5, 0.6) is 0 Å². The van der Waals surface area contributed by atoms with Crippen LogP contribution in [0.2, 0.25) is 18.1 Å². The number of carbonyl (C=O) groups excluding carboxylic acids is 3. The van der Waals surface area contributed by atoms with Crippen molar-refractivity contribution in [2.45, 2.75) is 107 Å². The van der Waals surface area contributed by atoms with Crippen LogP contribution in [-0.2, 0) is 44.3 Å². The van der Waals surface area contributed by atoms with Gasteiger partial charge in [0, 0.05) is 6.42 Å². The van der Waals surface area contributed by atoms with Gasteiger partial charge in [-0.3, -0.25) is 10.2 Å². The SMILES string of the molecule is CC(=O)CCC(=O)O[C@H]1[C@H](OCc2ccccc2)[C@@H](OC(=O)c2ccccc2)[C@@H](OC(=N)C(Cl)(Cl)Cl)O[C@H]1CO[Si](C)(C)C(C)(C)C(C)C. The lowest BCUT2D eigenvalue weighted by atomic mass is 9.97. The number of esters is 2. The van der Waals surface area contributed by atoms with Crippen molar-refractivity contribution >= 4 is 66.7 Å². The molecule has 1 fully saturated rings. The Hall–Kier alpha value is -2.51. The molecule has 0 amide bonds. The minimum atomic E-state index is -2.48. The fourth-order valence-corrected chi connectivity index (χ4v) is 7.42. The van der Waals surface area contributed by atoms with Crippen LogP contribution in [-0.4, -0.2) is 73.0 Å². The molecule has 2 aromatic carbocycles. The number of ketones is 1. The van der Waals surface area contributed by atoms with E-state index in [0.29, 0.717) is 0 Å². The van der Waals surface area contributed by atoms with Gasteiger partial charge in [-0.15, -0.1) is 0 Å². The van der Waals surface area contributed by atoms with Crippen molar-refractivity contribution in [3.05, 3.63) is 71.8 Å². The summed E-state index contributed by atoms with van der Waals surface area (Å²) in [7, 11) is -2.48. The molecule has 1 heterocycles. The topological polar surface area (TPSA) is 130 Å². The number of Topliss-reactive ketones (excluding diaryl/α,β-unsaturated/α-hetero) is 1. The molecular formula is C35H46Cl3NO9Si. The number of ether oxygens (including phenoxy) is 5. The van der Waals surface area contributed by atoms with E-state index in [0.717, 1.165) is 5.56 Å². The van der Waals surface area contributed by atoms with E-state index in [1.807, 2.05) is 30.3 Å². The average molecular weight is 759 g/mol. The molecule has 1 saturated heterocycles. The summed E-state index contributed by atoms with van der Waals surface area (Å²) in [5, 5.41) is 8.17. The van der Waals surface area contributed by atoms with Crippen LogP contribution in [0.4, 0.5) is 0 Å². The molecule has 10 nitrogen and oxygen atoms in total. The maximum absolute atomic E-state index is 13.5. The van der Waals surface area contributed by atoms with Gasteiger partial charge < -0.3 is 32.9 Å². The largest absolute Gasteiger partial charge is 0.457 e. The van der Waals surface area contributed by atoms with E-state index >= 15 is 0 Å². The lowest BCUT2D eigenvalue weighted by Gasteiger charge is -2.47. The molecule has 0 aromatic heterocycles. The van der Waals surface area contributed by atoms with Crippen LogP contribution < -0.4 is 0 Å². The van der Waals surface area contributed by atoms with E-state index < -0.39 is 60.7 Å². The Labute approximate surface area is 304 Å². The van der Waals surface area contributed by atoms with Gasteiger partial charge in [-0.2, -0.15) is 0 Å². The van der Waals surface area contributed by atoms with E-state index in [4.69, 9.17) is 68.3 Å². The number of halogens is 3. The molecule has 5 atom stereocenters. The second-order valence-electron chi connectivity index (χ2n) is 13.3. The van der Waals surface area contributed by atoms with Crippen molar-refractivity contribution < 1.29 is 42.5 Å². The first kappa shape index (κ1) is 40.9. The molecule has 0 radical (unpaired) electrons. The van der Waals surface area contributed by atoms with E-state index in [-0.39, 0.29) is 48.4 Å². The Morgan fingerprint density at radius 1 is 0.878 bits per heavy atom. The van der Waals surface area contributed by atoms with Crippen LogP contribution in [0.15, 0.2) is 60.7 Å². The van der Waals surface area contributed by atoms with Gasteiger partial charge in [0.05, 0.1) is 25.2 Å². The van der Waals surface area contributed by atoms with Crippen molar-refractivity contribution in [3.63, 3.8) is 0 Å². The van der Waals surface area contributed by atoms with Crippen LogP contribution in [0.25, 0.3) is 0 Å². The zero-order valence-corrected chi connectivity index (χ0v) is 32.1. The Morgan fingerprint density at radius 2 is 1.47 bits per heavy atom. The van der Waals surface area contributed by atoms with Gasteiger partial charge in [-0.25, -0.2) is 4.79 Å². The van der Waals surface area contributed by atoms with E-state index in [2.05, 4.69) is 40.8 Å². The predicted molar refractivity (Wildman–Crippen MR) is 191 cm³/mol. The molecule has 0 spiro atoms. The van der Waals surface area contributed by atoms with Crippen molar-refractivity contribution in [1.29, 1.82) is 5.41 Å². The molecular weight excluding hydrogens is 713 g/mol. The van der Waals surface area contributed by atoms with Gasteiger partial charge in [0.25, 0.3) is 3.79 Å². The molecule has 49 heavy (non-hydrogen) atoms. The van der Waals surface area contributed by atoms with Crippen LogP contribution in [0, 0.1) is 11.3 Å². The highest BCUT2D eigenvalue weighted by atomic mass is 35.6. The van der Waals surface area contributed by atoms with E-state index in [9.17, 15) is 14.4 Å². The highest BCUT2D eigenvalue weighted by Gasteiger charge is 2.54. The van der Waals surface area contributed by atoms with Gasteiger partial charge in [0.1, 0.15) is 18.0 Å². The number of carbonyl (C=O) groups is 3. The van der Waals surface area contributed by atoms with Crippen molar-refractivity contribution in [3.8, 4) is 0 Å². The van der Waals surface area contributed by atoms with Gasteiger partial charge in [-0.05, 0) is 48.7 Å². The average Bonchev–Trinajstić information content (AvgIpc) is 3.04. The second-order valence-corrected chi connectivity index (χ2v) is 20.2. The summed E-state index contributed by atoms with van der Waals surface area (Å²) < 4.78 is 34.9. The third-order valence-corrected chi connectivity index (χ3v) is 14.3. The molecule has 1 N–H and O–H groups in total. The lowest BCUT2D eigenvalue weighted by Crippen LogP contribution is -2.63. The fourth-order valence-electron chi connectivity index (χ4n) is 4.94. The van der Waals surface area contributed by atoms with Crippen molar-refractivity contribution in [2.24, 2.45) is 5.92 Å². The molecule has 14 heteroatoms. The summed E-state index contributed by atoms with van der Waals surface area (Å²) in [6.45, 7) is 14.0. The molecule has 270 valence electrons. The smallest absolute Gasteiger partial charge is 0.338 e. The molecule has 1 aliphatic rings. The number of benzene rings is 2. The minimum Gasteiger partial charge on any atom is -0.457 e. The number of hydrogen-bond donors (Lipinski definition) is 1. The summed E-state index contributed by atoms with van der Waals surface area (Å²) >= 11 is 18.0. The molecule has 0 unspecified atom stereocenters. The second kappa shape index (κ2) is 17.6. The summed E-state index contributed by atoms with van der Waals surface area (Å²) in [6, 6.07) is 17.4. The molecule has 0 bridgehead atoms. The maximum atomic E-state index is 13.5. The fraction of sp³-hybridized carbons (Fsp3) is 0.543. The zero-order chi connectivity index (χ0) is 36.6. The molecule has 2 aromatic rings. The zero-order valence-electron chi connectivity index (χ0n) is 28.9. The molecule has 0 saturated carbocycles. The molecule has 0 aliphatic carbocycles. The van der Waals surface area contributed by atoms with Crippen LogP contribution in [0.1, 0.15) is 63.4 Å². The Kier molecular flexibility index (Phi) is 14.7. The van der Waals surface area contributed by atoms with Gasteiger partial charge in [0.15, 0.2) is 20.5 Å². The summed E-state index contributed by atoms with van der Waals surface area (Å²) in [5.41, 5.74) is 0.985. The van der Waals surface area contributed by atoms with Crippen molar-refractivity contribution in [2.75, 3.05) is 6.61 Å². The van der Waals surface area contributed by atoms with Gasteiger partial charge in [0.2, 0.25) is 12.2 Å². The number of alkyl halides is 3. The molecule has 3 rings (SSSR count). The number of nitrogens with one attached hydrogen (secondary N) is 1. The summed E-state index contributed by atoms with van der Waals surface area (Å²) in [6.07, 6.45) is -6.74. The van der Waals surface area contributed by atoms with Crippen LogP contribution >= 0.6 is 34.8 Å². The highest BCUT2D eigenvalue weighted by molar-refractivity contribution is 6.76. The minimum absolute atomic E-state index is 0.00914. The highest BCUT2D eigenvalue weighted by Crippen LogP contribution is 2.45. The summed E-state index contributed by atoms with van der Waals surface area (Å²) in [5.74, 6) is -2.16. The van der Waals surface area contributed by atoms with E-state index in [1.165, 1.54) is 6.92 Å². The predicted octanol–water partition coefficient (Wildman–Crippen LogP) is 7.83. The van der Waals surface area contributed by atoms with Crippen LogP contribution in [0.3, 0.4) is 0 Å². The monoisotopic (exact) mass is 757 g/mol. The number of hydrogen-bond acceptors (Lipinski definition) is 10. The third kappa shape index (κ3) is 11.5. The summed E-state index contributed by atoms with van der Waals surface area (Å²) in [4.78, 5) is 38.4. The number of rotatable bonds is 15. The quantitative estimate of drug-likeness (QED) is 0.0635. The lowest BCUT2D eigenvalue weighted by molar-refractivity contribution is -0.293. The first-order valence-corrected chi connectivity index (χ1v) is 20.1. The first-order valence-electron chi connectivity index (χ1n) is 16.1. The van der Waals surface area contributed by atoms with E-state index in [1.54, 1.807) is 30.3 Å². The van der Waals surface area contributed by atoms with Gasteiger partial charge in [-0.1, -0.05) is 111 Å². The normalized spacial score (nSPS) is 21.6. The first-order chi connectivity index (χ1) is 22.8. The van der Waals surface area contributed by atoms with Gasteiger partial charge >= 0.3 is 11.9 Å².